The van der Waals surface area contributed by atoms with Crippen LogP contribution in [0.25, 0.3) is 0 Å². The highest BCUT2D eigenvalue weighted by molar-refractivity contribution is 5.19. The molecule has 0 amide bonds. The maximum absolute atomic E-state index is 9.47. The van der Waals surface area contributed by atoms with Crippen LogP contribution in [0.3, 0.4) is 0 Å². The maximum atomic E-state index is 9.47. The summed E-state index contributed by atoms with van der Waals surface area (Å²) in [5, 5.41) is 9.47. The Kier molecular flexibility index (Phi) is 5.13. The van der Waals surface area contributed by atoms with Crippen LogP contribution in [-0.2, 0) is 4.74 Å². The minimum Gasteiger partial charge on any atom is -0.395 e. The molecular formula is C14H22N2O2. The third-order valence-electron chi connectivity index (χ3n) is 3.51. The van der Waals surface area contributed by atoms with Crippen LogP contribution in [0.4, 0.5) is 0 Å². The molecule has 1 aromatic rings. The summed E-state index contributed by atoms with van der Waals surface area (Å²) in [4.78, 5) is 2.33. The van der Waals surface area contributed by atoms with E-state index in [0.29, 0.717) is 13.2 Å². The number of morpholine rings is 1. The highest BCUT2D eigenvalue weighted by Crippen LogP contribution is 2.27. The molecule has 4 nitrogen and oxygen atoms in total. The van der Waals surface area contributed by atoms with Crippen LogP contribution in [-0.4, -0.2) is 49.0 Å². The molecule has 2 unspecified atom stereocenters. The molecule has 1 aromatic carbocycles. The van der Waals surface area contributed by atoms with E-state index in [1.54, 1.807) is 0 Å². The zero-order chi connectivity index (χ0) is 12.8. The van der Waals surface area contributed by atoms with Gasteiger partial charge in [-0.05, 0) is 18.5 Å². The Bertz CT molecular complexity index is 345. The van der Waals surface area contributed by atoms with Crippen LogP contribution in [0.1, 0.15) is 18.0 Å². The first kappa shape index (κ1) is 13.5. The Morgan fingerprint density at radius 1 is 1.39 bits per heavy atom. The SMILES string of the molecule is NCCC(c1ccccc1)N1CCOCC1CO. The molecule has 1 fully saturated rings. The van der Waals surface area contributed by atoms with E-state index in [4.69, 9.17) is 10.5 Å². The standard InChI is InChI=1S/C14H22N2O2/c15-7-6-14(12-4-2-1-3-5-12)16-8-9-18-11-13(16)10-17/h1-5,13-14,17H,6-11,15H2. The smallest absolute Gasteiger partial charge is 0.0645 e. The number of hydrogen-bond acceptors (Lipinski definition) is 4. The number of hydrogen-bond donors (Lipinski definition) is 2. The third-order valence-corrected chi connectivity index (χ3v) is 3.51. The molecule has 100 valence electrons. The van der Waals surface area contributed by atoms with E-state index in [0.717, 1.165) is 19.6 Å². The molecule has 2 atom stereocenters. The molecule has 3 N–H and O–H groups in total. The van der Waals surface area contributed by atoms with Crippen LogP contribution in [0.15, 0.2) is 30.3 Å². The van der Waals surface area contributed by atoms with Gasteiger partial charge in [-0.2, -0.15) is 0 Å². The molecule has 18 heavy (non-hydrogen) atoms. The Balaban J connectivity index is 2.18. The van der Waals surface area contributed by atoms with E-state index in [1.165, 1.54) is 5.56 Å². The summed E-state index contributed by atoms with van der Waals surface area (Å²) in [5.74, 6) is 0. The molecule has 0 saturated carbocycles. The minimum absolute atomic E-state index is 0.0792. The van der Waals surface area contributed by atoms with Gasteiger partial charge in [-0.3, -0.25) is 4.90 Å². The monoisotopic (exact) mass is 250 g/mol. The van der Waals surface area contributed by atoms with Gasteiger partial charge in [0, 0.05) is 12.6 Å². The minimum atomic E-state index is 0.0792. The van der Waals surface area contributed by atoms with Crippen molar-refractivity contribution >= 4 is 0 Å². The number of ether oxygens (including phenoxy) is 1. The first-order valence-corrected chi connectivity index (χ1v) is 6.56. The summed E-state index contributed by atoms with van der Waals surface area (Å²) in [5.41, 5.74) is 7.01. The summed E-state index contributed by atoms with van der Waals surface area (Å²) in [7, 11) is 0. The number of aliphatic hydroxyl groups excluding tert-OH is 1. The number of rotatable bonds is 5. The fourth-order valence-corrected chi connectivity index (χ4v) is 2.59. The first-order valence-electron chi connectivity index (χ1n) is 6.56. The fraction of sp³-hybridized carbons (Fsp3) is 0.571. The lowest BCUT2D eigenvalue weighted by Crippen LogP contribution is -2.49. The second kappa shape index (κ2) is 6.85. The summed E-state index contributed by atoms with van der Waals surface area (Å²) in [6, 6.07) is 10.7. The quantitative estimate of drug-likeness (QED) is 0.810. The van der Waals surface area contributed by atoms with Gasteiger partial charge in [-0.1, -0.05) is 30.3 Å². The third kappa shape index (κ3) is 3.09. The van der Waals surface area contributed by atoms with Crippen LogP contribution in [0, 0.1) is 0 Å². The summed E-state index contributed by atoms with van der Waals surface area (Å²) < 4.78 is 5.43. The predicted octanol–water partition coefficient (Wildman–Crippen LogP) is 0.770. The number of benzene rings is 1. The van der Waals surface area contributed by atoms with Crippen LogP contribution in [0.2, 0.25) is 0 Å². The first-order chi connectivity index (χ1) is 8.86. The van der Waals surface area contributed by atoms with Gasteiger partial charge in [-0.25, -0.2) is 0 Å². The number of nitrogens with zero attached hydrogens (tertiary/aromatic N) is 1. The fourth-order valence-electron chi connectivity index (χ4n) is 2.59. The van der Waals surface area contributed by atoms with Crippen molar-refractivity contribution in [1.29, 1.82) is 0 Å². The zero-order valence-corrected chi connectivity index (χ0v) is 10.7. The van der Waals surface area contributed by atoms with Crippen molar-refractivity contribution in [3.63, 3.8) is 0 Å². The Morgan fingerprint density at radius 3 is 2.83 bits per heavy atom. The van der Waals surface area contributed by atoms with E-state index in [2.05, 4.69) is 17.0 Å². The highest BCUT2D eigenvalue weighted by atomic mass is 16.5. The van der Waals surface area contributed by atoms with Gasteiger partial charge in [0.1, 0.15) is 0 Å². The molecule has 1 saturated heterocycles. The summed E-state index contributed by atoms with van der Waals surface area (Å²) >= 11 is 0. The van der Waals surface area contributed by atoms with Crippen LogP contribution >= 0.6 is 0 Å². The average Bonchev–Trinajstić information content (AvgIpc) is 2.46. The van der Waals surface area contributed by atoms with Crippen molar-refractivity contribution in [1.82, 2.24) is 4.90 Å². The molecule has 0 spiro atoms. The van der Waals surface area contributed by atoms with Gasteiger partial charge in [0.05, 0.1) is 25.9 Å². The molecule has 0 bridgehead atoms. The molecule has 0 aliphatic carbocycles. The van der Waals surface area contributed by atoms with Crippen molar-refractivity contribution in [2.45, 2.75) is 18.5 Å². The topological polar surface area (TPSA) is 58.7 Å². The molecule has 1 heterocycles. The highest BCUT2D eigenvalue weighted by Gasteiger charge is 2.29. The van der Waals surface area contributed by atoms with E-state index in [-0.39, 0.29) is 18.7 Å². The number of nitrogens with two attached hydrogens (primary N) is 1. The van der Waals surface area contributed by atoms with Gasteiger partial charge >= 0.3 is 0 Å². The Morgan fingerprint density at radius 2 is 2.17 bits per heavy atom. The van der Waals surface area contributed by atoms with Gasteiger partial charge in [0.2, 0.25) is 0 Å². The summed E-state index contributed by atoms with van der Waals surface area (Å²) in [6.07, 6.45) is 0.903. The summed E-state index contributed by atoms with van der Waals surface area (Å²) in [6.45, 7) is 2.96. The normalized spacial score (nSPS) is 22.9. The number of aliphatic hydroxyl groups is 1. The van der Waals surface area contributed by atoms with Gasteiger partial charge < -0.3 is 15.6 Å². The molecule has 2 rings (SSSR count). The molecule has 1 aliphatic heterocycles. The molecule has 0 radical (unpaired) electrons. The second-order valence-corrected chi connectivity index (χ2v) is 4.65. The largest absolute Gasteiger partial charge is 0.395 e. The zero-order valence-electron chi connectivity index (χ0n) is 10.7. The van der Waals surface area contributed by atoms with E-state index in [1.807, 2.05) is 18.2 Å². The lowest BCUT2D eigenvalue weighted by atomic mass is 9.99. The Hall–Kier alpha value is -0.940. The molecule has 0 aromatic heterocycles. The lowest BCUT2D eigenvalue weighted by molar-refractivity contribution is -0.0491. The molecule has 1 aliphatic rings. The van der Waals surface area contributed by atoms with Crippen molar-refractivity contribution < 1.29 is 9.84 Å². The van der Waals surface area contributed by atoms with Gasteiger partial charge in [0.15, 0.2) is 0 Å². The lowest BCUT2D eigenvalue weighted by Gasteiger charge is -2.40. The van der Waals surface area contributed by atoms with Crippen molar-refractivity contribution in [3.8, 4) is 0 Å². The van der Waals surface area contributed by atoms with Gasteiger partial charge in [0.25, 0.3) is 0 Å². The van der Waals surface area contributed by atoms with Crippen molar-refractivity contribution in [3.05, 3.63) is 35.9 Å². The van der Waals surface area contributed by atoms with E-state index < -0.39 is 0 Å². The van der Waals surface area contributed by atoms with Crippen molar-refractivity contribution in [2.75, 3.05) is 32.9 Å². The Labute approximate surface area is 108 Å². The maximum Gasteiger partial charge on any atom is 0.0645 e. The predicted molar refractivity (Wildman–Crippen MR) is 71.3 cm³/mol. The van der Waals surface area contributed by atoms with Crippen molar-refractivity contribution in [2.24, 2.45) is 5.73 Å². The molecule has 4 heteroatoms. The van der Waals surface area contributed by atoms with E-state index in [9.17, 15) is 5.11 Å². The van der Waals surface area contributed by atoms with Crippen LogP contribution in [0.5, 0.6) is 0 Å². The van der Waals surface area contributed by atoms with E-state index >= 15 is 0 Å². The van der Waals surface area contributed by atoms with Gasteiger partial charge in [-0.15, -0.1) is 0 Å². The molecular weight excluding hydrogens is 228 g/mol. The average molecular weight is 250 g/mol. The second-order valence-electron chi connectivity index (χ2n) is 4.65. The van der Waals surface area contributed by atoms with Crippen LogP contribution < -0.4 is 5.73 Å².